The van der Waals surface area contributed by atoms with Crippen LogP contribution in [0, 0.1) is 0 Å². The van der Waals surface area contributed by atoms with Gasteiger partial charge in [-0.15, -0.1) is 0 Å². The Hall–Kier alpha value is -3.69. The molecular formula is C25H24N2O6S. The first kappa shape index (κ1) is 23.5. The number of furan rings is 1. The number of sulfonamides is 1. The van der Waals surface area contributed by atoms with Gasteiger partial charge in [-0.3, -0.25) is 4.79 Å². The summed E-state index contributed by atoms with van der Waals surface area (Å²) < 4.78 is 37.6. The molecule has 0 fully saturated rings. The molecule has 1 N–H and O–H groups in total. The van der Waals surface area contributed by atoms with Crippen LogP contribution in [-0.2, 0) is 37.3 Å². The summed E-state index contributed by atoms with van der Waals surface area (Å²) in [6, 6.07) is 17.0. The number of nitrogens with one attached hydrogen (secondary N) is 1. The lowest BCUT2D eigenvalue weighted by molar-refractivity contribution is -0.149. The van der Waals surface area contributed by atoms with Crippen molar-refractivity contribution in [3.05, 3.63) is 89.9 Å². The molecule has 34 heavy (non-hydrogen) atoms. The summed E-state index contributed by atoms with van der Waals surface area (Å²) in [5.41, 5.74) is 2.55. The number of hydrogen-bond acceptors (Lipinski definition) is 6. The standard InChI is InChI=1S/C25H24N2O6S/c1-18(25(29)27-15-14-20-5-2-3-7-23(20)27)33-24(28)13-10-19-8-11-22(12-9-19)34(30,31)26-17-21-6-4-16-32-21/h2-13,16,18,26H,14-15,17H2,1H3/b13-10+. The third-order valence-electron chi connectivity index (χ3n) is 5.41. The number of carbonyl (C=O) groups is 2. The zero-order valence-electron chi connectivity index (χ0n) is 18.5. The van der Waals surface area contributed by atoms with Gasteiger partial charge in [-0.1, -0.05) is 30.3 Å². The molecule has 0 aliphatic carbocycles. The van der Waals surface area contributed by atoms with Crippen molar-refractivity contribution in [1.29, 1.82) is 0 Å². The highest BCUT2D eigenvalue weighted by molar-refractivity contribution is 7.89. The molecule has 0 spiro atoms. The average Bonchev–Trinajstić information content (AvgIpc) is 3.51. The van der Waals surface area contributed by atoms with Crippen LogP contribution in [0.15, 0.2) is 82.3 Å². The molecule has 0 saturated heterocycles. The fourth-order valence-electron chi connectivity index (χ4n) is 3.64. The van der Waals surface area contributed by atoms with E-state index in [0.29, 0.717) is 17.9 Å². The molecule has 176 valence electrons. The largest absolute Gasteiger partial charge is 0.468 e. The number of benzene rings is 2. The van der Waals surface area contributed by atoms with Gasteiger partial charge in [-0.2, -0.15) is 0 Å². The van der Waals surface area contributed by atoms with Gasteiger partial charge in [0.15, 0.2) is 6.10 Å². The maximum atomic E-state index is 12.7. The van der Waals surface area contributed by atoms with E-state index >= 15 is 0 Å². The minimum atomic E-state index is -3.71. The molecule has 4 rings (SSSR count). The quantitative estimate of drug-likeness (QED) is 0.392. The molecule has 2 aromatic carbocycles. The van der Waals surface area contributed by atoms with Crippen molar-refractivity contribution in [2.75, 3.05) is 11.4 Å². The molecule has 3 aromatic rings. The Morgan fingerprint density at radius 1 is 1.12 bits per heavy atom. The van der Waals surface area contributed by atoms with Gasteiger partial charge in [0.1, 0.15) is 5.76 Å². The van der Waals surface area contributed by atoms with Crippen LogP contribution in [0.5, 0.6) is 0 Å². The molecular weight excluding hydrogens is 456 g/mol. The van der Waals surface area contributed by atoms with Crippen molar-refractivity contribution < 1.29 is 27.2 Å². The van der Waals surface area contributed by atoms with Gasteiger partial charge in [0, 0.05) is 18.3 Å². The molecule has 9 heteroatoms. The van der Waals surface area contributed by atoms with E-state index in [1.807, 2.05) is 24.3 Å². The van der Waals surface area contributed by atoms with E-state index in [4.69, 9.17) is 9.15 Å². The normalized spacial score (nSPS) is 14.2. The van der Waals surface area contributed by atoms with Gasteiger partial charge in [-0.25, -0.2) is 17.9 Å². The number of rotatable bonds is 8. The van der Waals surface area contributed by atoms with Crippen LogP contribution >= 0.6 is 0 Å². The lowest BCUT2D eigenvalue weighted by atomic mass is 10.2. The summed E-state index contributed by atoms with van der Waals surface area (Å²) in [4.78, 5) is 26.7. The predicted molar refractivity (Wildman–Crippen MR) is 126 cm³/mol. The zero-order chi connectivity index (χ0) is 24.1. The van der Waals surface area contributed by atoms with E-state index in [-0.39, 0.29) is 17.3 Å². The predicted octanol–water partition coefficient (Wildman–Crippen LogP) is 3.29. The van der Waals surface area contributed by atoms with Gasteiger partial charge < -0.3 is 14.1 Å². The summed E-state index contributed by atoms with van der Waals surface area (Å²) >= 11 is 0. The van der Waals surface area contributed by atoms with Crippen molar-refractivity contribution in [3.8, 4) is 0 Å². The molecule has 2 heterocycles. The van der Waals surface area contributed by atoms with Crippen LogP contribution in [0.2, 0.25) is 0 Å². The Bertz CT molecular complexity index is 1300. The Kier molecular flexibility index (Phi) is 6.95. The second-order valence-electron chi connectivity index (χ2n) is 7.75. The van der Waals surface area contributed by atoms with Crippen LogP contribution in [0.3, 0.4) is 0 Å². The van der Waals surface area contributed by atoms with Gasteiger partial charge in [0.25, 0.3) is 5.91 Å². The maximum Gasteiger partial charge on any atom is 0.331 e. The number of para-hydroxylation sites is 1. The molecule has 1 unspecified atom stereocenters. The number of hydrogen-bond donors (Lipinski definition) is 1. The molecule has 1 aliphatic rings. The minimum Gasteiger partial charge on any atom is -0.468 e. The Labute approximate surface area is 197 Å². The second kappa shape index (κ2) is 10.1. The number of nitrogens with zero attached hydrogens (tertiary/aromatic N) is 1. The maximum absolute atomic E-state index is 12.7. The molecule has 0 bridgehead atoms. The van der Waals surface area contributed by atoms with Gasteiger partial charge in [0.2, 0.25) is 10.0 Å². The summed E-state index contributed by atoms with van der Waals surface area (Å²) in [6.07, 6.45) is 4.01. The first-order chi connectivity index (χ1) is 16.3. The number of esters is 1. The Morgan fingerprint density at radius 3 is 2.62 bits per heavy atom. The van der Waals surface area contributed by atoms with E-state index in [0.717, 1.165) is 17.7 Å². The highest BCUT2D eigenvalue weighted by Gasteiger charge is 2.29. The van der Waals surface area contributed by atoms with Crippen LogP contribution in [-0.4, -0.2) is 32.9 Å². The fraction of sp³-hybridized carbons (Fsp3) is 0.200. The topological polar surface area (TPSA) is 106 Å². The number of fused-ring (bicyclic) bond motifs is 1. The molecule has 8 nitrogen and oxygen atoms in total. The number of carbonyl (C=O) groups excluding carboxylic acids is 2. The van der Waals surface area contributed by atoms with Gasteiger partial charge in [0.05, 0.1) is 17.7 Å². The van der Waals surface area contributed by atoms with Crippen molar-refractivity contribution in [1.82, 2.24) is 4.72 Å². The van der Waals surface area contributed by atoms with Crippen LogP contribution in [0.4, 0.5) is 5.69 Å². The minimum absolute atomic E-state index is 0.0444. The lowest BCUT2D eigenvalue weighted by Gasteiger charge is -2.21. The monoisotopic (exact) mass is 480 g/mol. The summed E-state index contributed by atoms with van der Waals surface area (Å²) in [6.45, 7) is 2.15. The fourth-order valence-corrected chi connectivity index (χ4v) is 4.63. The van der Waals surface area contributed by atoms with E-state index in [2.05, 4.69) is 4.72 Å². The van der Waals surface area contributed by atoms with Crippen molar-refractivity contribution in [2.24, 2.45) is 0 Å². The molecule has 0 saturated carbocycles. The SMILES string of the molecule is CC(OC(=O)/C=C/c1ccc(S(=O)(=O)NCc2ccco2)cc1)C(=O)N1CCc2ccccc21. The molecule has 0 radical (unpaired) electrons. The second-order valence-corrected chi connectivity index (χ2v) is 9.52. The zero-order valence-corrected chi connectivity index (χ0v) is 19.3. The number of amides is 1. The third-order valence-corrected chi connectivity index (χ3v) is 6.83. The van der Waals surface area contributed by atoms with Crippen LogP contribution in [0.25, 0.3) is 6.08 Å². The lowest BCUT2D eigenvalue weighted by Crippen LogP contribution is -2.38. The van der Waals surface area contributed by atoms with Crippen molar-refractivity contribution in [3.63, 3.8) is 0 Å². The number of anilines is 1. The average molecular weight is 481 g/mol. The summed E-state index contributed by atoms with van der Waals surface area (Å²) in [5, 5.41) is 0. The van der Waals surface area contributed by atoms with E-state index in [1.165, 1.54) is 30.5 Å². The highest BCUT2D eigenvalue weighted by atomic mass is 32.2. The summed E-state index contributed by atoms with van der Waals surface area (Å²) in [7, 11) is -3.71. The van der Waals surface area contributed by atoms with Crippen molar-refractivity contribution >= 4 is 33.7 Å². The van der Waals surface area contributed by atoms with E-state index < -0.39 is 22.1 Å². The van der Waals surface area contributed by atoms with Crippen LogP contribution in [0.1, 0.15) is 23.8 Å². The van der Waals surface area contributed by atoms with Crippen LogP contribution < -0.4 is 9.62 Å². The molecule has 1 amide bonds. The van der Waals surface area contributed by atoms with Crippen molar-refractivity contribution in [2.45, 2.75) is 30.9 Å². The summed E-state index contributed by atoms with van der Waals surface area (Å²) in [5.74, 6) is -0.434. The molecule has 1 atom stereocenters. The smallest absolute Gasteiger partial charge is 0.331 e. The Balaban J connectivity index is 1.31. The Morgan fingerprint density at radius 2 is 1.88 bits per heavy atom. The van der Waals surface area contributed by atoms with Gasteiger partial charge >= 0.3 is 5.97 Å². The van der Waals surface area contributed by atoms with Gasteiger partial charge in [-0.05, 0) is 60.9 Å². The third kappa shape index (κ3) is 5.44. The number of ether oxygens (including phenoxy) is 1. The molecule has 1 aromatic heterocycles. The highest BCUT2D eigenvalue weighted by Crippen LogP contribution is 2.28. The van der Waals surface area contributed by atoms with E-state index in [9.17, 15) is 18.0 Å². The van der Waals surface area contributed by atoms with E-state index in [1.54, 1.807) is 36.1 Å². The first-order valence-corrected chi connectivity index (χ1v) is 12.2. The molecule has 1 aliphatic heterocycles. The first-order valence-electron chi connectivity index (χ1n) is 10.7.